The SMILES string of the molecule is C=Cc1ccc(NS(=O)(=Nc2ccc(Br)cc2)c2ccccc2)cc1. The summed E-state index contributed by atoms with van der Waals surface area (Å²) < 4.78 is 22.2. The van der Waals surface area contributed by atoms with Crippen LogP contribution in [0.2, 0.25) is 0 Å². The summed E-state index contributed by atoms with van der Waals surface area (Å²) in [6.45, 7) is 3.75. The summed E-state index contributed by atoms with van der Waals surface area (Å²) in [6.07, 6.45) is 1.77. The van der Waals surface area contributed by atoms with E-state index in [-0.39, 0.29) is 0 Å². The van der Waals surface area contributed by atoms with Crippen LogP contribution in [-0.4, -0.2) is 4.21 Å². The predicted molar refractivity (Wildman–Crippen MR) is 109 cm³/mol. The summed E-state index contributed by atoms with van der Waals surface area (Å²) in [7, 11) is -2.87. The molecule has 0 bridgehead atoms. The van der Waals surface area contributed by atoms with E-state index in [1.807, 2.05) is 78.9 Å². The van der Waals surface area contributed by atoms with Crippen molar-refractivity contribution in [3.05, 3.63) is 95.5 Å². The predicted octanol–water partition coefficient (Wildman–Crippen LogP) is 6.28. The fraction of sp³-hybridized carbons (Fsp3) is 0. The fourth-order valence-electron chi connectivity index (χ4n) is 2.24. The second-order valence-electron chi connectivity index (χ2n) is 5.33. The van der Waals surface area contributed by atoms with Crippen LogP contribution in [0.15, 0.2) is 99.2 Å². The van der Waals surface area contributed by atoms with Gasteiger partial charge in [-0.25, -0.2) is 4.21 Å². The third-order valence-electron chi connectivity index (χ3n) is 3.53. The highest BCUT2D eigenvalue weighted by Crippen LogP contribution is 2.24. The quantitative estimate of drug-likeness (QED) is 0.526. The third kappa shape index (κ3) is 4.38. The third-order valence-corrected chi connectivity index (χ3v) is 5.95. The lowest BCUT2D eigenvalue weighted by Crippen LogP contribution is -2.12. The number of nitrogens with one attached hydrogen (secondary N) is 1. The maximum atomic E-state index is 13.7. The van der Waals surface area contributed by atoms with E-state index in [1.165, 1.54) is 0 Å². The van der Waals surface area contributed by atoms with Crippen molar-refractivity contribution in [3.8, 4) is 0 Å². The molecule has 3 nitrogen and oxygen atoms in total. The van der Waals surface area contributed by atoms with E-state index in [2.05, 4.69) is 31.6 Å². The molecule has 0 heterocycles. The number of anilines is 1. The number of hydrogen-bond donors (Lipinski definition) is 1. The first-order chi connectivity index (χ1) is 12.1. The number of nitrogens with zero attached hydrogens (tertiary/aromatic N) is 1. The lowest BCUT2D eigenvalue weighted by Gasteiger charge is -2.14. The molecule has 0 radical (unpaired) electrons. The summed E-state index contributed by atoms with van der Waals surface area (Å²) in [5.74, 6) is 0. The first-order valence-electron chi connectivity index (χ1n) is 7.67. The molecule has 0 spiro atoms. The Kier molecular flexibility index (Phi) is 5.36. The van der Waals surface area contributed by atoms with Gasteiger partial charge >= 0.3 is 0 Å². The molecule has 5 heteroatoms. The van der Waals surface area contributed by atoms with Gasteiger partial charge in [0, 0.05) is 10.2 Å². The van der Waals surface area contributed by atoms with Crippen LogP contribution in [0.1, 0.15) is 5.56 Å². The molecule has 0 aromatic heterocycles. The van der Waals surface area contributed by atoms with Crippen LogP contribution in [0, 0.1) is 0 Å². The Balaban J connectivity index is 2.07. The van der Waals surface area contributed by atoms with Gasteiger partial charge in [0.25, 0.3) is 0 Å². The van der Waals surface area contributed by atoms with E-state index in [4.69, 9.17) is 0 Å². The van der Waals surface area contributed by atoms with E-state index in [9.17, 15) is 4.21 Å². The maximum Gasteiger partial charge on any atom is 0.163 e. The number of benzene rings is 3. The Morgan fingerprint density at radius 3 is 2.16 bits per heavy atom. The molecule has 3 aromatic rings. The number of hydrogen-bond acceptors (Lipinski definition) is 2. The molecule has 0 aliphatic rings. The van der Waals surface area contributed by atoms with Crippen molar-refractivity contribution in [3.63, 3.8) is 0 Å². The second-order valence-corrected chi connectivity index (χ2v) is 8.16. The topological polar surface area (TPSA) is 41.5 Å². The van der Waals surface area contributed by atoms with E-state index in [0.29, 0.717) is 10.6 Å². The van der Waals surface area contributed by atoms with Crippen LogP contribution in [0.4, 0.5) is 11.4 Å². The minimum atomic E-state index is -2.87. The highest BCUT2D eigenvalue weighted by molar-refractivity contribution is 9.10. The molecule has 3 aromatic carbocycles. The molecule has 3 rings (SSSR count). The van der Waals surface area contributed by atoms with Crippen LogP contribution in [0.5, 0.6) is 0 Å². The van der Waals surface area contributed by atoms with Gasteiger partial charge < -0.3 is 0 Å². The molecule has 25 heavy (non-hydrogen) atoms. The highest BCUT2D eigenvalue weighted by atomic mass is 79.9. The van der Waals surface area contributed by atoms with Crippen molar-refractivity contribution in [2.45, 2.75) is 4.90 Å². The van der Waals surface area contributed by atoms with Crippen LogP contribution in [0.3, 0.4) is 0 Å². The molecule has 0 aliphatic heterocycles. The average Bonchev–Trinajstić information content (AvgIpc) is 2.65. The van der Waals surface area contributed by atoms with Crippen molar-refractivity contribution >= 4 is 43.3 Å². The van der Waals surface area contributed by atoms with Gasteiger partial charge in [-0.1, -0.05) is 58.9 Å². The average molecular weight is 413 g/mol. The van der Waals surface area contributed by atoms with Gasteiger partial charge in [-0.05, 0) is 54.1 Å². The Morgan fingerprint density at radius 2 is 1.56 bits per heavy atom. The van der Waals surface area contributed by atoms with Crippen molar-refractivity contribution in [2.75, 3.05) is 4.72 Å². The number of rotatable bonds is 5. The Bertz CT molecular complexity index is 974. The molecular formula is C20H17BrN2OS. The lowest BCUT2D eigenvalue weighted by molar-refractivity contribution is 0.680. The van der Waals surface area contributed by atoms with Crippen LogP contribution >= 0.6 is 15.9 Å². The van der Waals surface area contributed by atoms with Gasteiger partial charge in [0.2, 0.25) is 0 Å². The summed E-state index contributed by atoms with van der Waals surface area (Å²) in [6, 6.07) is 24.2. The van der Waals surface area contributed by atoms with Gasteiger partial charge in [-0.3, -0.25) is 4.72 Å². The molecule has 0 saturated carbocycles. The van der Waals surface area contributed by atoms with E-state index < -0.39 is 9.92 Å². The van der Waals surface area contributed by atoms with E-state index in [1.54, 1.807) is 6.08 Å². The molecule has 1 N–H and O–H groups in total. The summed E-state index contributed by atoms with van der Waals surface area (Å²) in [5.41, 5.74) is 2.38. The second kappa shape index (κ2) is 7.68. The number of halogens is 1. The first kappa shape index (κ1) is 17.5. The maximum absolute atomic E-state index is 13.7. The van der Waals surface area contributed by atoms with E-state index in [0.717, 1.165) is 15.7 Å². The van der Waals surface area contributed by atoms with Gasteiger partial charge in [-0.2, -0.15) is 4.36 Å². The zero-order valence-electron chi connectivity index (χ0n) is 13.4. The summed E-state index contributed by atoms with van der Waals surface area (Å²) in [4.78, 5) is 0.630. The standard InChI is InChI=1S/C20H17BrN2OS/c1-2-16-8-12-18(13-9-16)22-25(24,20-6-4-3-5-7-20)23-19-14-10-17(21)11-15-19/h2-15H,1H2,(H,22,23,24). The van der Waals surface area contributed by atoms with Crippen molar-refractivity contribution in [2.24, 2.45) is 4.36 Å². The summed E-state index contributed by atoms with van der Waals surface area (Å²) in [5, 5.41) is 0. The van der Waals surface area contributed by atoms with Crippen LogP contribution in [0.25, 0.3) is 6.08 Å². The zero-order chi connectivity index (χ0) is 17.7. The molecule has 0 fully saturated rings. The van der Waals surface area contributed by atoms with Gasteiger partial charge in [0.15, 0.2) is 9.92 Å². The minimum absolute atomic E-state index is 0.630. The Labute approximate surface area is 156 Å². The molecular weight excluding hydrogens is 396 g/mol. The Morgan fingerprint density at radius 1 is 0.920 bits per heavy atom. The van der Waals surface area contributed by atoms with Crippen molar-refractivity contribution in [1.82, 2.24) is 0 Å². The van der Waals surface area contributed by atoms with E-state index >= 15 is 0 Å². The van der Waals surface area contributed by atoms with Gasteiger partial charge in [0.1, 0.15) is 0 Å². The fourth-order valence-corrected chi connectivity index (χ4v) is 4.17. The highest BCUT2D eigenvalue weighted by Gasteiger charge is 2.13. The first-order valence-corrected chi connectivity index (χ1v) is 9.98. The van der Waals surface area contributed by atoms with Crippen molar-refractivity contribution < 1.29 is 4.21 Å². The summed E-state index contributed by atoms with van der Waals surface area (Å²) >= 11 is 3.40. The molecule has 1 unspecified atom stereocenters. The van der Waals surface area contributed by atoms with Crippen molar-refractivity contribution in [1.29, 1.82) is 0 Å². The van der Waals surface area contributed by atoms with Gasteiger partial charge in [-0.15, -0.1) is 0 Å². The molecule has 0 amide bonds. The molecule has 1 atom stereocenters. The Hall–Kier alpha value is -2.37. The molecule has 0 saturated heterocycles. The molecule has 0 aliphatic carbocycles. The molecule has 126 valence electrons. The van der Waals surface area contributed by atoms with Crippen LogP contribution < -0.4 is 4.72 Å². The normalized spacial score (nSPS) is 12.8. The smallest absolute Gasteiger partial charge is 0.163 e. The minimum Gasteiger partial charge on any atom is -0.295 e. The zero-order valence-corrected chi connectivity index (χ0v) is 15.8. The van der Waals surface area contributed by atoms with Crippen LogP contribution in [-0.2, 0) is 9.92 Å². The van der Waals surface area contributed by atoms with Gasteiger partial charge in [0.05, 0.1) is 10.6 Å². The lowest BCUT2D eigenvalue weighted by atomic mass is 10.2. The largest absolute Gasteiger partial charge is 0.295 e. The monoisotopic (exact) mass is 412 g/mol.